The molecule has 0 bridgehead atoms. The third-order valence-electron chi connectivity index (χ3n) is 10.3. The molecule has 4 N–H and O–H groups in total. The molecular weight excluding hydrogens is 925 g/mol. The van der Waals surface area contributed by atoms with Gasteiger partial charge in [0.05, 0.1) is 6.54 Å². The highest BCUT2D eigenvalue weighted by atomic mass is 32.2. The number of nitrogen functional groups attached to an aromatic ring is 1. The Hall–Kier alpha value is -7.77. The fourth-order valence-corrected chi connectivity index (χ4v) is 8.98. The highest BCUT2D eigenvalue weighted by molar-refractivity contribution is 8.00. The highest BCUT2D eigenvalue weighted by Crippen LogP contribution is 2.42. The Morgan fingerprint density at radius 1 is 0.841 bits per heavy atom. The number of nitrogens with zero attached hydrogens (tertiary/aromatic N) is 3. The summed E-state index contributed by atoms with van der Waals surface area (Å²) < 4.78 is 22.7. The summed E-state index contributed by atoms with van der Waals surface area (Å²) in [5, 5.41) is 9.74. The van der Waals surface area contributed by atoms with Crippen molar-refractivity contribution in [3.05, 3.63) is 179 Å². The van der Waals surface area contributed by atoms with Crippen molar-refractivity contribution in [1.82, 2.24) is 20.5 Å². The smallest absolute Gasteiger partial charge is 0.407 e. The molecule has 0 radical (unpaired) electrons. The van der Waals surface area contributed by atoms with E-state index in [9.17, 15) is 28.8 Å². The number of nitrogens with two attached hydrogens (primary N) is 1. The van der Waals surface area contributed by atoms with Gasteiger partial charge in [0.25, 0.3) is 11.8 Å². The lowest BCUT2D eigenvalue weighted by Crippen LogP contribution is -2.71. The quantitative estimate of drug-likeness (QED) is 0.0165. The number of anilines is 1. The van der Waals surface area contributed by atoms with Gasteiger partial charge in [0.15, 0.2) is 23.1 Å². The molecule has 0 saturated carbocycles. The van der Waals surface area contributed by atoms with Crippen molar-refractivity contribution >= 4 is 69.8 Å². The first-order valence-corrected chi connectivity index (χ1v) is 23.5. The number of carbonyl (C=O) groups excluding carboxylic acids is 6. The number of aromatic nitrogens is 1. The number of oxime groups is 1. The van der Waals surface area contributed by atoms with Crippen LogP contribution in [0.25, 0.3) is 0 Å². The van der Waals surface area contributed by atoms with Gasteiger partial charge < -0.3 is 40.2 Å². The number of hydrogen-bond acceptors (Lipinski definition) is 16. The summed E-state index contributed by atoms with van der Waals surface area (Å²) in [6, 6.07) is 34.6. The first-order chi connectivity index (χ1) is 33.2. The summed E-state index contributed by atoms with van der Waals surface area (Å²) in [4.78, 5) is 93.6. The molecule has 0 spiro atoms. The van der Waals surface area contributed by atoms with Crippen molar-refractivity contribution in [2.45, 2.75) is 56.1 Å². The number of β-lactam (4-membered cyclic amide) rings is 1. The molecule has 2 aliphatic heterocycles. The second-order valence-corrected chi connectivity index (χ2v) is 18.3. The topological polar surface area (TPSA) is 227 Å². The van der Waals surface area contributed by atoms with Crippen LogP contribution in [0, 0.1) is 0 Å². The number of alkyl carbamates (subject to hydrolysis) is 1. The average molecular weight is 973 g/mol. The Balaban J connectivity index is 1.12. The number of rotatable bonds is 18. The summed E-state index contributed by atoms with van der Waals surface area (Å²) in [6.07, 6.45) is -3.35. The number of nitrogens with one attached hydrogen (secondary N) is 2. The van der Waals surface area contributed by atoms with E-state index < -0.39 is 83.5 Å². The minimum atomic E-state index is -2.23. The lowest BCUT2D eigenvalue weighted by atomic mass is 10.0. The Bertz CT molecular complexity index is 2650. The van der Waals surface area contributed by atoms with E-state index in [1.807, 2.05) is 60.7 Å². The average Bonchev–Trinajstić information content (AvgIpc) is 3.79. The number of fused-ring (bicyclic) bond motifs is 1. The SMILES string of the molecule is C=CC1=C(C(=O)OC(c2ccccc2)c2ccccc2)N2C(=O)C(NC(=O)/C(=N/OC(C(=O)OCCNC(=O)OC(C)(C)C)C(=O)OC(c3ccccc3)c3ccccc3)c3csc(N)n3)[C@H]2SC1. The first-order valence-electron chi connectivity index (χ1n) is 21.5. The summed E-state index contributed by atoms with van der Waals surface area (Å²) in [5.41, 5.74) is 7.47. The van der Waals surface area contributed by atoms with Gasteiger partial charge >= 0.3 is 30.1 Å². The zero-order valence-corrected chi connectivity index (χ0v) is 39.3. The lowest BCUT2D eigenvalue weighted by molar-refractivity contribution is -0.176. The van der Waals surface area contributed by atoms with E-state index in [0.29, 0.717) is 27.8 Å². The van der Waals surface area contributed by atoms with Crippen molar-refractivity contribution in [3.8, 4) is 0 Å². The molecule has 3 heterocycles. The number of thiazole rings is 1. The van der Waals surface area contributed by atoms with E-state index in [0.717, 1.165) is 11.3 Å². The van der Waals surface area contributed by atoms with E-state index in [1.54, 1.807) is 81.4 Å². The molecule has 1 saturated heterocycles. The number of ether oxygens (including phenoxy) is 4. The highest BCUT2D eigenvalue weighted by Gasteiger charge is 2.55. The summed E-state index contributed by atoms with van der Waals surface area (Å²) in [6.45, 7) is 8.28. The van der Waals surface area contributed by atoms with Gasteiger partial charge in [-0.25, -0.2) is 24.2 Å². The van der Waals surface area contributed by atoms with Crippen molar-refractivity contribution < 1.29 is 52.6 Å². The van der Waals surface area contributed by atoms with Crippen LogP contribution in [0.3, 0.4) is 0 Å². The fraction of sp³-hybridized carbons (Fsp3) is 0.240. The molecule has 1 aromatic heterocycles. The number of benzene rings is 4. The number of carbonyl (C=O) groups is 6. The van der Waals surface area contributed by atoms with Crippen molar-refractivity contribution in [2.24, 2.45) is 5.16 Å². The number of thioether (sulfide) groups is 1. The predicted molar refractivity (Wildman–Crippen MR) is 257 cm³/mol. The number of hydrogen-bond donors (Lipinski definition) is 3. The van der Waals surface area contributed by atoms with Crippen LogP contribution < -0.4 is 16.4 Å². The number of allylic oxidation sites excluding steroid dienone is 1. The summed E-state index contributed by atoms with van der Waals surface area (Å²) in [7, 11) is 0. The van der Waals surface area contributed by atoms with Crippen molar-refractivity contribution in [1.29, 1.82) is 0 Å². The first kappa shape index (κ1) is 49.1. The maximum Gasteiger partial charge on any atom is 0.407 e. The lowest BCUT2D eigenvalue weighted by Gasteiger charge is -2.49. The second-order valence-electron chi connectivity index (χ2n) is 16.3. The van der Waals surface area contributed by atoms with Crippen LogP contribution in [0.2, 0.25) is 0 Å². The maximum absolute atomic E-state index is 14.3. The molecule has 7 rings (SSSR count). The van der Waals surface area contributed by atoms with E-state index in [1.165, 1.54) is 28.1 Å². The van der Waals surface area contributed by atoms with Crippen LogP contribution in [0.15, 0.2) is 156 Å². The molecule has 17 nitrogen and oxygen atoms in total. The van der Waals surface area contributed by atoms with Crippen LogP contribution in [-0.4, -0.2) is 93.4 Å². The van der Waals surface area contributed by atoms with Crippen LogP contribution in [0.4, 0.5) is 9.93 Å². The predicted octanol–water partition coefficient (Wildman–Crippen LogP) is 6.39. The summed E-state index contributed by atoms with van der Waals surface area (Å²) >= 11 is 2.24. The van der Waals surface area contributed by atoms with Crippen molar-refractivity contribution in [3.63, 3.8) is 0 Å². The van der Waals surface area contributed by atoms with Gasteiger partial charge in [-0.3, -0.25) is 14.5 Å². The molecule has 3 amide bonds. The molecular formula is C50H48N6O11S2. The standard InChI is InChI=1S/C50H48N6O11S2/c1-5-30-28-68-44-37(43(58)56(44)38(30)45(59)64-39(31-18-10-6-11-19-31)32-20-12-7-13-21-32)54-42(57)36(35-29-69-48(51)53-35)55-67-41(46(60)63-27-26-52-49(62)66-50(2,3)4)47(61)65-40(33-22-14-8-15-23-33)34-24-16-9-17-25-34/h5-25,29,37,39-41,44H,1,26-28H2,2-4H3,(H2,51,53)(H,52,62)(H,54,57)/b55-36+/t37?,41?,44-/m1/s1. The Labute approximate surface area is 405 Å². The molecule has 5 aromatic rings. The summed E-state index contributed by atoms with van der Waals surface area (Å²) in [5.74, 6) is -4.68. The molecule has 356 valence electrons. The molecule has 69 heavy (non-hydrogen) atoms. The van der Waals surface area contributed by atoms with Gasteiger partial charge in [0.2, 0.25) is 0 Å². The Morgan fingerprint density at radius 3 is 1.87 bits per heavy atom. The van der Waals surface area contributed by atoms with Crippen LogP contribution in [0.5, 0.6) is 0 Å². The van der Waals surface area contributed by atoms with Crippen LogP contribution in [0.1, 0.15) is 60.9 Å². The van der Waals surface area contributed by atoms with Gasteiger partial charge in [-0.05, 0) is 48.6 Å². The Morgan fingerprint density at radius 2 is 1.38 bits per heavy atom. The van der Waals surface area contributed by atoms with Gasteiger partial charge in [-0.2, -0.15) is 0 Å². The van der Waals surface area contributed by atoms with Crippen molar-refractivity contribution in [2.75, 3.05) is 24.6 Å². The zero-order valence-electron chi connectivity index (χ0n) is 37.6. The third-order valence-corrected chi connectivity index (χ3v) is 12.2. The van der Waals surface area contributed by atoms with Gasteiger partial charge in [0.1, 0.15) is 35.0 Å². The molecule has 0 aliphatic carbocycles. The second kappa shape index (κ2) is 22.4. The molecule has 1 fully saturated rings. The number of amides is 3. The molecule has 4 aromatic carbocycles. The van der Waals surface area contributed by atoms with E-state index in [2.05, 4.69) is 27.4 Å². The van der Waals surface area contributed by atoms with Gasteiger partial charge in [0, 0.05) is 11.1 Å². The molecule has 2 aliphatic rings. The minimum Gasteiger partial charge on any atom is -0.461 e. The molecule has 2 unspecified atom stereocenters. The fourth-order valence-electron chi connectivity index (χ4n) is 7.09. The van der Waals surface area contributed by atoms with E-state index in [-0.39, 0.29) is 28.8 Å². The van der Waals surface area contributed by atoms with E-state index in [4.69, 9.17) is 29.5 Å². The van der Waals surface area contributed by atoms with Crippen LogP contribution >= 0.6 is 23.1 Å². The normalized spacial score (nSPS) is 16.1. The van der Waals surface area contributed by atoms with Gasteiger partial charge in [-0.15, -0.1) is 23.1 Å². The molecule has 3 atom stereocenters. The Kier molecular flexibility index (Phi) is 15.9. The molecule has 19 heteroatoms. The minimum absolute atomic E-state index is 0.0175. The van der Waals surface area contributed by atoms with E-state index >= 15 is 0 Å². The third kappa shape index (κ3) is 12.2. The largest absolute Gasteiger partial charge is 0.461 e. The van der Waals surface area contributed by atoms with Crippen LogP contribution in [-0.2, 0) is 47.8 Å². The maximum atomic E-state index is 14.3. The monoisotopic (exact) mass is 972 g/mol. The van der Waals surface area contributed by atoms with Gasteiger partial charge in [-0.1, -0.05) is 139 Å². The number of esters is 3. The zero-order chi connectivity index (χ0) is 49.1.